The molecular weight excluding hydrogens is 280 g/mol. The second-order valence-corrected chi connectivity index (χ2v) is 6.20. The molecule has 106 valence electrons. The number of nitrogens with one attached hydrogen (secondary N) is 1. The van der Waals surface area contributed by atoms with Gasteiger partial charge in [-0.2, -0.15) is 5.10 Å². The van der Waals surface area contributed by atoms with Gasteiger partial charge in [-0.3, -0.25) is 14.4 Å². The maximum Gasteiger partial charge on any atom is 0.263 e. The van der Waals surface area contributed by atoms with E-state index < -0.39 is 10.0 Å². The van der Waals surface area contributed by atoms with E-state index in [2.05, 4.69) is 14.8 Å². The van der Waals surface area contributed by atoms with Crippen LogP contribution in [0.5, 0.6) is 0 Å². The van der Waals surface area contributed by atoms with Gasteiger partial charge < -0.3 is 4.74 Å². The zero-order chi connectivity index (χ0) is 14.0. The highest BCUT2D eigenvalue weighted by atomic mass is 32.2. The molecule has 3 heterocycles. The Morgan fingerprint density at radius 2 is 2.30 bits per heavy atom. The number of aromatic nitrogens is 3. The van der Waals surface area contributed by atoms with E-state index >= 15 is 0 Å². The summed E-state index contributed by atoms with van der Waals surface area (Å²) in [6, 6.07) is 3.24. The highest BCUT2D eigenvalue weighted by Crippen LogP contribution is 2.21. The van der Waals surface area contributed by atoms with Crippen molar-refractivity contribution in [2.45, 2.75) is 17.4 Å². The number of hydrogen-bond donors (Lipinski definition) is 1. The molecule has 1 fully saturated rings. The van der Waals surface area contributed by atoms with Crippen LogP contribution in [0.15, 0.2) is 41.8 Å². The van der Waals surface area contributed by atoms with Gasteiger partial charge in [-0.15, -0.1) is 0 Å². The van der Waals surface area contributed by atoms with Gasteiger partial charge >= 0.3 is 0 Å². The third-order valence-electron chi connectivity index (χ3n) is 3.08. The number of nitrogens with zero attached hydrogens (tertiary/aromatic N) is 3. The van der Waals surface area contributed by atoms with Crippen molar-refractivity contribution in [3.05, 3.63) is 36.9 Å². The zero-order valence-electron chi connectivity index (χ0n) is 10.6. The second-order valence-electron chi connectivity index (χ2n) is 4.52. The number of rotatable bonds is 4. The molecule has 20 heavy (non-hydrogen) atoms. The van der Waals surface area contributed by atoms with Crippen molar-refractivity contribution in [2.75, 3.05) is 17.9 Å². The van der Waals surface area contributed by atoms with Crippen molar-refractivity contribution in [1.29, 1.82) is 0 Å². The van der Waals surface area contributed by atoms with E-state index in [1.807, 2.05) is 0 Å². The van der Waals surface area contributed by atoms with Crippen LogP contribution in [-0.2, 0) is 14.8 Å². The minimum Gasteiger partial charge on any atom is -0.379 e. The van der Waals surface area contributed by atoms with Gasteiger partial charge in [0.2, 0.25) is 0 Å². The number of hydrogen-bond acceptors (Lipinski definition) is 5. The van der Waals surface area contributed by atoms with E-state index in [1.165, 1.54) is 24.7 Å². The number of sulfonamides is 1. The largest absolute Gasteiger partial charge is 0.379 e. The average molecular weight is 294 g/mol. The fourth-order valence-corrected chi connectivity index (χ4v) is 3.03. The van der Waals surface area contributed by atoms with Crippen LogP contribution in [-0.4, -0.2) is 36.4 Å². The summed E-state index contributed by atoms with van der Waals surface area (Å²) in [5, 5.41) is 4.17. The van der Waals surface area contributed by atoms with Crippen LogP contribution < -0.4 is 4.72 Å². The molecule has 1 unspecified atom stereocenters. The van der Waals surface area contributed by atoms with E-state index in [9.17, 15) is 8.42 Å². The van der Waals surface area contributed by atoms with Gasteiger partial charge in [0.1, 0.15) is 4.90 Å². The molecule has 8 heteroatoms. The Morgan fingerprint density at radius 3 is 3.00 bits per heavy atom. The molecule has 1 saturated heterocycles. The Bertz CT molecular complexity index is 678. The lowest BCUT2D eigenvalue weighted by molar-refractivity contribution is 0.184. The second kappa shape index (κ2) is 5.22. The molecule has 0 aromatic carbocycles. The first kappa shape index (κ1) is 13.1. The summed E-state index contributed by atoms with van der Waals surface area (Å²) in [5.74, 6) is 0. The van der Waals surface area contributed by atoms with E-state index in [4.69, 9.17) is 4.74 Å². The molecule has 7 nitrogen and oxygen atoms in total. The van der Waals surface area contributed by atoms with Crippen molar-refractivity contribution >= 4 is 15.7 Å². The monoisotopic (exact) mass is 294 g/mol. The maximum atomic E-state index is 12.1. The van der Waals surface area contributed by atoms with Crippen LogP contribution in [0.1, 0.15) is 12.5 Å². The van der Waals surface area contributed by atoms with Crippen molar-refractivity contribution in [3.63, 3.8) is 0 Å². The predicted octanol–water partition coefficient (Wildman–Crippen LogP) is 1.04. The van der Waals surface area contributed by atoms with E-state index in [1.54, 1.807) is 16.9 Å². The van der Waals surface area contributed by atoms with E-state index in [0.29, 0.717) is 18.9 Å². The molecule has 3 rings (SSSR count). The molecular formula is C12H14N4O3S. The van der Waals surface area contributed by atoms with Gasteiger partial charge in [0.15, 0.2) is 0 Å². The summed E-state index contributed by atoms with van der Waals surface area (Å²) in [6.45, 7) is 1.32. The molecule has 0 bridgehead atoms. The van der Waals surface area contributed by atoms with E-state index in [0.717, 1.165) is 6.42 Å². The SMILES string of the molecule is O=S(=O)(Nc1cnn(C2CCOC2)c1)c1cccnc1. The standard InChI is InChI=1S/C12H14N4O3S/c17-20(18,12-2-1-4-13-7-12)15-10-6-14-16(8-10)11-3-5-19-9-11/h1-2,4,6-8,11,15H,3,5,9H2. The zero-order valence-corrected chi connectivity index (χ0v) is 11.5. The molecule has 2 aromatic rings. The van der Waals surface area contributed by atoms with Gasteiger partial charge in [-0.05, 0) is 18.6 Å². The van der Waals surface area contributed by atoms with Gasteiger partial charge in [-0.1, -0.05) is 0 Å². The van der Waals surface area contributed by atoms with Gasteiger partial charge in [0.05, 0.1) is 24.5 Å². The summed E-state index contributed by atoms with van der Waals surface area (Å²) < 4.78 is 33.7. The van der Waals surface area contributed by atoms with Gasteiger partial charge in [0.25, 0.3) is 10.0 Å². The Morgan fingerprint density at radius 1 is 1.40 bits per heavy atom. The Balaban J connectivity index is 1.78. The van der Waals surface area contributed by atoms with Crippen LogP contribution in [0, 0.1) is 0 Å². The Hall–Kier alpha value is -1.93. The topological polar surface area (TPSA) is 86.1 Å². The summed E-state index contributed by atoms with van der Waals surface area (Å²) >= 11 is 0. The van der Waals surface area contributed by atoms with Crippen LogP contribution in [0.25, 0.3) is 0 Å². The third kappa shape index (κ3) is 2.66. The quantitative estimate of drug-likeness (QED) is 0.910. The normalized spacial score (nSPS) is 19.1. The lowest BCUT2D eigenvalue weighted by Crippen LogP contribution is -2.13. The number of ether oxygens (including phenoxy) is 1. The molecule has 1 aliphatic heterocycles. The fraction of sp³-hybridized carbons (Fsp3) is 0.333. The molecule has 1 N–H and O–H groups in total. The smallest absolute Gasteiger partial charge is 0.263 e. The molecule has 0 amide bonds. The third-order valence-corrected chi connectivity index (χ3v) is 4.44. The van der Waals surface area contributed by atoms with Crippen LogP contribution in [0.3, 0.4) is 0 Å². The lowest BCUT2D eigenvalue weighted by atomic mass is 10.3. The minimum absolute atomic E-state index is 0.122. The van der Waals surface area contributed by atoms with Crippen molar-refractivity contribution < 1.29 is 13.2 Å². The maximum absolute atomic E-state index is 12.1. The van der Waals surface area contributed by atoms with Crippen LogP contribution >= 0.6 is 0 Å². The lowest BCUT2D eigenvalue weighted by Gasteiger charge is -2.07. The van der Waals surface area contributed by atoms with Crippen LogP contribution in [0.4, 0.5) is 5.69 Å². The first-order valence-corrected chi connectivity index (χ1v) is 7.68. The van der Waals surface area contributed by atoms with Crippen molar-refractivity contribution in [3.8, 4) is 0 Å². The summed E-state index contributed by atoms with van der Waals surface area (Å²) in [5.41, 5.74) is 0.431. The highest BCUT2D eigenvalue weighted by molar-refractivity contribution is 7.92. The fourth-order valence-electron chi connectivity index (χ4n) is 2.04. The first-order valence-electron chi connectivity index (χ1n) is 6.20. The van der Waals surface area contributed by atoms with Crippen molar-refractivity contribution in [2.24, 2.45) is 0 Å². The molecule has 1 atom stereocenters. The van der Waals surface area contributed by atoms with E-state index in [-0.39, 0.29) is 10.9 Å². The summed E-state index contributed by atoms with van der Waals surface area (Å²) in [7, 11) is -3.62. The highest BCUT2D eigenvalue weighted by Gasteiger charge is 2.20. The summed E-state index contributed by atoms with van der Waals surface area (Å²) in [6.07, 6.45) is 6.88. The Labute approximate surface area is 116 Å². The molecule has 0 aliphatic carbocycles. The molecule has 1 aliphatic rings. The predicted molar refractivity (Wildman–Crippen MR) is 71.7 cm³/mol. The summed E-state index contributed by atoms with van der Waals surface area (Å²) in [4.78, 5) is 3.93. The van der Waals surface area contributed by atoms with Gasteiger partial charge in [-0.25, -0.2) is 8.42 Å². The average Bonchev–Trinajstić information content (AvgIpc) is 3.10. The molecule has 2 aromatic heterocycles. The van der Waals surface area contributed by atoms with Crippen molar-refractivity contribution in [1.82, 2.24) is 14.8 Å². The molecule has 0 saturated carbocycles. The van der Waals surface area contributed by atoms with Crippen LogP contribution in [0.2, 0.25) is 0 Å². The minimum atomic E-state index is -3.62. The molecule has 0 spiro atoms. The number of pyridine rings is 1. The number of anilines is 1. The molecule has 0 radical (unpaired) electrons. The Kier molecular flexibility index (Phi) is 3.41. The van der Waals surface area contributed by atoms with Gasteiger partial charge in [0, 0.05) is 25.2 Å². The first-order chi connectivity index (χ1) is 9.65.